The van der Waals surface area contributed by atoms with Crippen LogP contribution in [0.25, 0.3) is 5.70 Å². The summed E-state index contributed by atoms with van der Waals surface area (Å²) < 4.78 is 5.75. The smallest absolute Gasteiger partial charge is 0.320 e. The molecule has 17 heteroatoms. The van der Waals surface area contributed by atoms with Crippen molar-refractivity contribution in [2.75, 3.05) is 76.9 Å². The van der Waals surface area contributed by atoms with Crippen LogP contribution in [0.2, 0.25) is 0 Å². The van der Waals surface area contributed by atoms with E-state index in [0.29, 0.717) is 46.4 Å². The molecule has 1 unspecified atom stereocenters. The number of fused-ring (bicyclic) bond motifs is 1. The lowest BCUT2D eigenvalue weighted by atomic mass is 9.92. The lowest BCUT2D eigenvalue weighted by Gasteiger charge is -2.39. The molecule has 66 heavy (non-hydrogen) atoms. The fourth-order valence-electron chi connectivity index (χ4n) is 9.50. The van der Waals surface area contributed by atoms with E-state index in [-0.39, 0.29) is 30.4 Å². The summed E-state index contributed by atoms with van der Waals surface area (Å²) in [7, 11) is 0. The molecule has 9 rings (SSSR count). The first-order valence-electron chi connectivity index (χ1n) is 23.3. The first kappa shape index (κ1) is 45.8. The molecule has 4 saturated heterocycles. The van der Waals surface area contributed by atoms with Crippen LogP contribution in [0.5, 0.6) is 11.5 Å². The summed E-state index contributed by atoms with van der Waals surface area (Å²) in [5, 5.41) is 5.32. The molecule has 7 amide bonds. The maximum Gasteiger partial charge on any atom is 0.320 e. The molecule has 0 aliphatic carbocycles. The highest BCUT2D eigenvalue weighted by atomic mass is 16.5. The maximum atomic E-state index is 13.2. The largest absolute Gasteiger partial charge is 0.457 e. The molecular formula is C49H60N10O7. The molecule has 0 saturated carbocycles. The Bertz CT molecular complexity index is 2350. The number of nitrogens with one attached hydrogen (secondary N) is 2. The van der Waals surface area contributed by atoms with E-state index in [1.54, 1.807) is 36.4 Å². The Morgan fingerprint density at radius 1 is 0.727 bits per heavy atom. The lowest BCUT2D eigenvalue weighted by molar-refractivity contribution is -0.136. The maximum absolute atomic E-state index is 13.2. The zero-order valence-corrected chi connectivity index (χ0v) is 37.4. The number of primary amides is 1. The molecule has 6 N–H and O–H groups in total. The molecule has 3 aromatic rings. The number of hydrogen-bond acceptors (Lipinski definition) is 12. The van der Waals surface area contributed by atoms with Crippen molar-refractivity contribution in [3.05, 3.63) is 95.1 Å². The summed E-state index contributed by atoms with van der Waals surface area (Å²) in [5.41, 5.74) is 14.5. The molecule has 0 spiro atoms. The van der Waals surface area contributed by atoms with Gasteiger partial charge in [-0.05, 0) is 124 Å². The zero-order chi connectivity index (χ0) is 46.2. The van der Waals surface area contributed by atoms with Crippen molar-refractivity contribution >= 4 is 52.8 Å². The molecule has 3 aromatic carbocycles. The Labute approximate surface area is 385 Å². The number of urea groups is 1. The molecule has 6 aliphatic rings. The number of benzene rings is 3. The fourth-order valence-corrected chi connectivity index (χ4v) is 9.50. The van der Waals surface area contributed by atoms with Crippen LogP contribution in [0.15, 0.2) is 83.4 Å². The lowest BCUT2D eigenvalue weighted by Crippen LogP contribution is -2.54. The number of piperazine rings is 1. The predicted octanol–water partition coefficient (Wildman–Crippen LogP) is 3.94. The van der Waals surface area contributed by atoms with Crippen molar-refractivity contribution in [2.45, 2.75) is 63.8 Å². The van der Waals surface area contributed by atoms with Crippen LogP contribution >= 0.6 is 0 Å². The number of ether oxygens (including phenoxy) is 1. The number of hydrogen-bond donors (Lipinski definition) is 4. The van der Waals surface area contributed by atoms with Gasteiger partial charge in [-0.2, -0.15) is 0 Å². The summed E-state index contributed by atoms with van der Waals surface area (Å²) in [6.45, 7) is 9.54. The third kappa shape index (κ3) is 10.7. The number of aliphatic imine (C=N–C) groups is 1. The van der Waals surface area contributed by atoms with Crippen molar-refractivity contribution < 1.29 is 33.5 Å². The van der Waals surface area contributed by atoms with Crippen LogP contribution in [0.1, 0.15) is 84.1 Å². The van der Waals surface area contributed by atoms with Crippen LogP contribution in [0.3, 0.4) is 0 Å². The number of rotatable bonds is 10. The number of amidine groups is 1. The molecule has 6 aliphatic heterocycles. The molecule has 348 valence electrons. The van der Waals surface area contributed by atoms with Gasteiger partial charge in [0, 0.05) is 77.6 Å². The van der Waals surface area contributed by atoms with Gasteiger partial charge >= 0.3 is 6.03 Å². The van der Waals surface area contributed by atoms with Crippen molar-refractivity contribution in [3.63, 3.8) is 0 Å². The van der Waals surface area contributed by atoms with Gasteiger partial charge in [-0.1, -0.05) is 18.2 Å². The van der Waals surface area contributed by atoms with Gasteiger partial charge in [0.15, 0.2) is 0 Å². The third-order valence-electron chi connectivity index (χ3n) is 13.3. The Balaban J connectivity index is 0.000000203. The van der Waals surface area contributed by atoms with Gasteiger partial charge in [0.1, 0.15) is 28.9 Å². The van der Waals surface area contributed by atoms with Gasteiger partial charge in [-0.25, -0.2) is 4.79 Å². The zero-order valence-electron chi connectivity index (χ0n) is 37.4. The average Bonchev–Trinajstić information content (AvgIpc) is 3.59. The van der Waals surface area contributed by atoms with Crippen molar-refractivity contribution in [1.29, 1.82) is 0 Å². The summed E-state index contributed by atoms with van der Waals surface area (Å²) in [5.74, 6) is 0.0158. The van der Waals surface area contributed by atoms with E-state index in [1.165, 1.54) is 6.42 Å². The van der Waals surface area contributed by atoms with Gasteiger partial charge < -0.3 is 36.2 Å². The molecule has 0 bridgehead atoms. The second-order valence-electron chi connectivity index (χ2n) is 17.7. The normalized spacial score (nSPS) is 20.9. The van der Waals surface area contributed by atoms with E-state index in [0.717, 1.165) is 120 Å². The molecule has 4 fully saturated rings. The summed E-state index contributed by atoms with van der Waals surface area (Å²) in [6.07, 6.45) is 7.94. The number of nitrogens with two attached hydrogens (primary N) is 2. The quantitative estimate of drug-likeness (QED) is 0.169. The van der Waals surface area contributed by atoms with Gasteiger partial charge in [0.25, 0.3) is 17.7 Å². The minimum atomic E-state index is -0.947. The summed E-state index contributed by atoms with van der Waals surface area (Å²) in [4.78, 5) is 88.8. The second-order valence-corrected chi connectivity index (χ2v) is 17.7. The van der Waals surface area contributed by atoms with E-state index >= 15 is 0 Å². The van der Waals surface area contributed by atoms with E-state index in [2.05, 4.69) is 25.4 Å². The first-order valence-corrected chi connectivity index (χ1v) is 23.3. The first-order chi connectivity index (χ1) is 32.0. The number of imide groups is 2. The van der Waals surface area contributed by atoms with Crippen molar-refractivity contribution in [1.82, 2.24) is 30.2 Å². The highest BCUT2D eigenvalue weighted by Gasteiger charge is 2.45. The Morgan fingerprint density at radius 3 is 2.08 bits per heavy atom. The highest BCUT2D eigenvalue weighted by Crippen LogP contribution is 2.33. The standard InChI is InChI=1S/C30H40N6O5.C19H20N4O2/c37-26-7-6-25(27(38)31-26)36-28(39)23-5-4-22(20-24(23)29(36)40)33-14-9-21(10-15-33)8-13-32-16-18-35(19-17-32)30(41)34-11-2-1-3-12-34;20-17(16(18(21)24)19-22-11-4-12-23-19)13-7-9-15(10-8-13)25-14-5-2-1-3-6-14/h4-5,20-21,25H,1-3,6-19H2,(H,31,37,38);1-3,5-10H,4,11-12,20H2,(H2,21,24)(H,22,23)/b;17-16-. The van der Waals surface area contributed by atoms with Gasteiger partial charge in [0.2, 0.25) is 11.8 Å². The molecule has 0 radical (unpaired) electrons. The van der Waals surface area contributed by atoms with E-state index < -0.39 is 29.7 Å². The van der Waals surface area contributed by atoms with E-state index in [9.17, 15) is 28.8 Å². The van der Waals surface area contributed by atoms with Crippen LogP contribution < -0.4 is 31.7 Å². The number of carbonyl (C=O) groups excluding carboxylic acids is 6. The molecule has 0 aromatic heterocycles. The number of carbonyl (C=O) groups is 6. The predicted molar refractivity (Wildman–Crippen MR) is 250 cm³/mol. The molecule has 17 nitrogen and oxygen atoms in total. The number of piperidine rings is 3. The van der Waals surface area contributed by atoms with Gasteiger partial charge in [-0.15, -0.1) is 0 Å². The minimum Gasteiger partial charge on any atom is -0.457 e. The van der Waals surface area contributed by atoms with Crippen LogP contribution in [0.4, 0.5) is 10.5 Å². The summed E-state index contributed by atoms with van der Waals surface area (Å²) in [6, 6.07) is 21.3. The monoisotopic (exact) mass is 900 g/mol. The SMILES string of the molecule is NC(=O)/C(C1=NCCCN1)=C(/N)c1ccc(Oc2ccccc2)cc1.O=C1CCC(N2C(=O)c3ccc(N4CCC(CCN5CCN(C(=O)N6CCCCC6)CC5)CC4)cc3C2=O)C(=O)N1. The average molecular weight is 901 g/mol. The van der Waals surface area contributed by atoms with Crippen LogP contribution in [0, 0.1) is 5.92 Å². The Kier molecular flexibility index (Phi) is 14.6. The van der Waals surface area contributed by atoms with Crippen molar-refractivity contribution in [2.24, 2.45) is 22.4 Å². The number of para-hydroxylation sites is 1. The number of anilines is 1. The van der Waals surface area contributed by atoms with E-state index in [1.807, 2.05) is 46.2 Å². The molecule has 6 heterocycles. The Morgan fingerprint density at radius 2 is 1.41 bits per heavy atom. The molecule has 1 atom stereocenters. The van der Waals surface area contributed by atoms with Crippen LogP contribution in [-0.2, 0) is 14.4 Å². The minimum absolute atomic E-state index is 0.110. The van der Waals surface area contributed by atoms with Gasteiger partial charge in [0.05, 0.1) is 16.8 Å². The van der Waals surface area contributed by atoms with Crippen molar-refractivity contribution in [3.8, 4) is 11.5 Å². The van der Waals surface area contributed by atoms with Gasteiger partial charge in [-0.3, -0.25) is 44.1 Å². The second kappa shape index (κ2) is 21.0. The summed E-state index contributed by atoms with van der Waals surface area (Å²) >= 11 is 0. The number of nitrogens with zero attached hydrogens (tertiary/aromatic N) is 6. The van der Waals surface area contributed by atoms with E-state index in [4.69, 9.17) is 16.2 Å². The number of amides is 7. The Hall–Kier alpha value is -6.75. The topological polar surface area (TPSA) is 216 Å². The molecular weight excluding hydrogens is 841 g/mol. The van der Waals surface area contributed by atoms with Crippen LogP contribution in [-0.4, -0.2) is 139 Å². The highest BCUT2D eigenvalue weighted by molar-refractivity contribution is 6.25. The fraction of sp³-hybridized carbons (Fsp3) is 0.449. The third-order valence-corrected chi connectivity index (χ3v) is 13.3. The number of likely N-dealkylation sites (tertiary alicyclic amines) is 1.